The fourth-order valence-corrected chi connectivity index (χ4v) is 6.80. The molecule has 1 atom stereocenters. The van der Waals surface area contributed by atoms with Crippen molar-refractivity contribution in [3.05, 3.63) is 45.7 Å². The Morgan fingerprint density at radius 3 is 2.81 bits per heavy atom. The van der Waals surface area contributed by atoms with Gasteiger partial charge in [0.2, 0.25) is 5.91 Å². The second-order valence-corrected chi connectivity index (χ2v) is 10.9. The minimum Gasteiger partial charge on any atom is -0.496 e. The molecule has 0 saturated carbocycles. The van der Waals surface area contributed by atoms with Gasteiger partial charge in [-0.15, -0.1) is 11.3 Å². The minimum atomic E-state index is -3.56. The molecule has 0 bridgehead atoms. The standard InChI is InChI=1S/C18H21BrN2O4S2/c1-25-15-7-3-2-5-13(15)11-20-18(22)14-6-4-10-21(12-14)27(23,24)17-9-8-16(19)26-17/h2-3,5,7-9,14H,4,6,10-12H2,1H3,(H,20,22)/t14-/m1/s1. The molecular formula is C18H21BrN2O4S2. The number of para-hydroxylation sites is 1. The molecule has 2 heterocycles. The van der Waals surface area contributed by atoms with Crippen LogP contribution in [0.1, 0.15) is 18.4 Å². The Labute approximate surface area is 171 Å². The van der Waals surface area contributed by atoms with Gasteiger partial charge in [-0.1, -0.05) is 18.2 Å². The lowest BCUT2D eigenvalue weighted by molar-refractivity contribution is -0.126. The van der Waals surface area contributed by atoms with Gasteiger partial charge in [-0.2, -0.15) is 4.31 Å². The van der Waals surface area contributed by atoms with E-state index < -0.39 is 10.0 Å². The molecule has 1 aliphatic rings. The fraction of sp³-hybridized carbons (Fsp3) is 0.389. The molecule has 2 aromatic rings. The van der Waals surface area contributed by atoms with Crippen LogP contribution in [0.2, 0.25) is 0 Å². The van der Waals surface area contributed by atoms with E-state index in [1.54, 1.807) is 19.2 Å². The van der Waals surface area contributed by atoms with E-state index in [4.69, 9.17) is 4.74 Å². The second-order valence-electron chi connectivity index (χ2n) is 6.29. The smallest absolute Gasteiger partial charge is 0.252 e. The number of hydrogen-bond donors (Lipinski definition) is 1. The van der Waals surface area contributed by atoms with Crippen LogP contribution in [-0.2, 0) is 21.4 Å². The summed E-state index contributed by atoms with van der Waals surface area (Å²) in [6.07, 6.45) is 1.34. The summed E-state index contributed by atoms with van der Waals surface area (Å²) >= 11 is 4.48. The molecule has 1 N–H and O–H groups in total. The Kier molecular flexibility index (Phi) is 6.56. The van der Waals surface area contributed by atoms with Crippen molar-refractivity contribution in [2.75, 3.05) is 20.2 Å². The number of benzene rings is 1. The van der Waals surface area contributed by atoms with Crippen LogP contribution in [0.25, 0.3) is 0 Å². The number of nitrogens with zero attached hydrogens (tertiary/aromatic N) is 1. The molecule has 1 aromatic heterocycles. The number of ether oxygens (including phenoxy) is 1. The number of methoxy groups -OCH3 is 1. The first kappa shape index (κ1) is 20.3. The maximum Gasteiger partial charge on any atom is 0.252 e. The number of carbonyl (C=O) groups excluding carboxylic acids is 1. The van der Waals surface area contributed by atoms with Crippen molar-refractivity contribution < 1.29 is 17.9 Å². The zero-order valence-corrected chi connectivity index (χ0v) is 18.1. The third-order valence-corrected chi connectivity index (χ3v) is 8.50. The van der Waals surface area contributed by atoms with Crippen LogP contribution >= 0.6 is 27.3 Å². The molecular weight excluding hydrogens is 452 g/mol. The van der Waals surface area contributed by atoms with Crippen LogP contribution in [-0.4, -0.2) is 38.8 Å². The van der Waals surface area contributed by atoms with E-state index >= 15 is 0 Å². The maximum absolute atomic E-state index is 12.8. The lowest BCUT2D eigenvalue weighted by Gasteiger charge is -2.30. The summed E-state index contributed by atoms with van der Waals surface area (Å²) < 4.78 is 33.4. The van der Waals surface area contributed by atoms with E-state index in [1.165, 1.54) is 15.6 Å². The van der Waals surface area contributed by atoms with Gasteiger partial charge in [0.15, 0.2) is 0 Å². The molecule has 3 rings (SSSR count). The Morgan fingerprint density at radius 1 is 1.33 bits per heavy atom. The van der Waals surface area contributed by atoms with Gasteiger partial charge >= 0.3 is 0 Å². The van der Waals surface area contributed by atoms with Gasteiger partial charge in [0.05, 0.1) is 16.8 Å². The summed E-state index contributed by atoms with van der Waals surface area (Å²) in [5.41, 5.74) is 0.886. The number of halogens is 1. The second kappa shape index (κ2) is 8.72. The molecule has 0 spiro atoms. The highest BCUT2D eigenvalue weighted by atomic mass is 79.9. The predicted octanol–water partition coefficient (Wildman–Crippen LogP) is 3.24. The fourth-order valence-electron chi connectivity index (χ4n) is 3.11. The Hall–Kier alpha value is -1.42. The van der Waals surface area contributed by atoms with Crippen LogP contribution < -0.4 is 10.1 Å². The summed E-state index contributed by atoms with van der Waals surface area (Å²) in [5.74, 6) is 0.230. The predicted molar refractivity (Wildman–Crippen MR) is 108 cm³/mol. The van der Waals surface area contributed by atoms with Gasteiger partial charge in [-0.3, -0.25) is 4.79 Å². The monoisotopic (exact) mass is 472 g/mol. The number of carbonyl (C=O) groups is 1. The number of sulfonamides is 1. The first-order chi connectivity index (χ1) is 12.9. The molecule has 146 valence electrons. The van der Waals surface area contributed by atoms with Crippen molar-refractivity contribution in [3.8, 4) is 5.75 Å². The molecule has 0 aliphatic carbocycles. The number of piperidine rings is 1. The van der Waals surface area contributed by atoms with E-state index in [0.29, 0.717) is 35.9 Å². The molecule has 0 unspecified atom stereocenters. The average Bonchev–Trinajstić information content (AvgIpc) is 3.13. The molecule has 1 aliphatic heterocycles. The Balaban J connectivity index is 1.64. The zero-order chi connectivity index (χ0) is 19.4. The summed E-state index contributed by atoms with van der Waals surface area (Å²) in [5, 5.41) is 2.91. The molecule has 9 heteroatoms. The largest absolute Gasteiger partial charge is 0.496 e. The summed E-state index contributed by atoms with van der Waals surface area (Å²) in [4.78, 5) is 12.6. The van der Waals surface area contributed by atoms with Crippen molar-refractivity contribution in [1.82, 2.24) is 9.62 Å². The molecule has 0 radical (unpaired) electrons. The van der Waals surface area contributed by atoms with Crippen LogP contribution in [0, 0.1) is 5.92 Å². The topological polar surface area (TPSA) is 75.7 Å². The molecule has 1 aromatic carbocycles. The van der Waals surface area contributed by atoms with Crippen LogP contribution in [0.3, 0.4) is 0 Å². The third kappa shape index (κ3) is 4.71. The van der Waals surface area contributed by atoms with Gasteiger partial charge in [0, 0.05) is 25.2 Å². The third-order valence-electron chi connectivity index (χ3n) is 4.54. The number of hydrogen-bond acceptors (Lipinski definition) is 5. The van der Waals surface area contributed by atoms with Gasteiger partial charge in [-0.25, -0.2) is 8.42 Å². The van der Waals surface area contributed by atoms with Crippen molar-refractivity contribution in [1.29, 1.82) is 0 Å². The number of nitrogens with one attached hydrogen (secondary N) is 1. The van der Waals surface area contributed by atoms with Crippen LogP contribution in [0.5, 0.6) is 5.75 Å². The lowest BCUT2D eigenvalue weighted by Crippen LogP contribution is -2.45. The summed E-state index contributed by atoms with van der Waals surface area (Å²) in [7, 11) is -1.97. The molecule has 1 saturated heterocycles. The Bertz CT molecular complexity index is 914. The average molecular weight is 473 g/mol. The van der Waals surface area contributed by atoms with E-state index in [9.17, 15) is 13.2 Å². The number of amides is 1. The highest BCUT2D eigenvalue weighted by Gasteiger charge is 2.34. The SMILES string of the molecule is COc1ccccc1CNC(=O)[C@@H]1CCCN(S(=O)(=O)c2ccc(Br)s2)C1. The van der Waals surface area contributed by atoms with Gasteiger partial charge in [-0.05, 0) is 47.0 Å². The van der Waals surface area contributed by atoms with Gasteiger partial charge in [0.1, 0.15) is 9.96 Å². The molecule has 6 nitrogen and oxygen atoms in total. The quantitative estimate of drug-likeness (QED) is 0.699. The molecule has 27 heavy (non-hydrogen) atoms. The van der Waals surface area contributed by atoms with Crippen molar-refractivity contribution in [2.24, 2.45) is 5.92 Å². The first-order valence-electron chi connectivity index (χ1n) is 8.57. The number of thiophene rings is 1. The lowest BCUT2D eigenvalue weighted by atomic mass is 9.98. The molecule has 1 fully saturated rings. The van der Waals surface area contributed by atoms with Crippen LogP contribution in [0.15, 0.2) is 44.4 Å². The van der Waals surface area contributed by atoms with E-state index in [-0.39, 0.29) is 18.4 Å². The normalized spacial score (nSPS) is 18.2. The van der Waals surface area contributed by atoms with Gasteiger partial charge in [0.25, 0.3) is 10.0 Å². The van der Waals surface area contributed by atoms with E-state index in [2.05, 4.69) is 21.2 Å². The van der Waals surface area contributed by atoms with Crippen molar-refractivity contribution in [2.45, 2.75) is 23.6 Å². The zero-order valence-electron chi connectivity index (χ0n) is 14.9. The van der Waals surface area contributed by atoms with E-state index in [1.807, 2.05) is 24.3 Å². The van der Waals surface area contributed by atoms with E-state index in [0.717, 1.165) is 9.35 Å². The van der Waals surface area contributed by atoms with Crippen molar-refractivity contribution in [3.63, 3.8) is 0 Å². The minimum absolute atomic E-state index is 0.131. The Morgan fingerprint density at radius 2 is 2.11 bits per heavy atom. The van der Waals surface area contributed by atoms with Crippen molar-refractivity contribution >= 4 is 43.2 Å². The molecule has 1 amide bonds. The number of rotatable bonds is 6. The first-order valence-corrected chi connectivity index (χ1v) is 11.6. The van der Waals surface area contributed by atoms with Crippen LogP contribution in [0.4, 0.5) is 0 Å². The highest BCUT2D eigenvalue weighted by Crippen LogP contribution is 2.31. The summed E-state index contributed by atoms with van der Waals surface area (Å²) in [6.45, 7) is 0.994. The summed E-state index contributed by atoms with van der Waals surface area (Å²) in [6, 6.07) is 10.8. The maximum atomic E-state index is 12.8. The van der Waals surface area contributed by atoms with Gasteiger partial charge < -0.3 is 10.1 Å². The highest BCUT2D eigenvalue weighted by molar-refractivity contribution is 9.11.